The van der Waals surface area contributed by atoms with Crippen molar-refractivity contribution in [1.82, 2.24) is 0 Å². The molecule has 8 heavy (non-hydrogen) atoms. The van der Waals surface area contributed by atoms with Crippen molar-refractivity contribution in [2.45, 2.75) is 0 Å². The molecule has 0 rings (SSSR count). The van der Waals surface area contributed by atoms with Gasteiger partial charge in [0.25, 0.3) is 0 Å². The second-order valence-corrected chi connectivity index (χ2v) is 0. The van der Waals surface area contributed by atoms with Gasteiger partial charge in [0.15, 0.2) is 0 Å². The molecule has 0 bridgehead atoms. The molecule has 0 heterocycles. The molecule has 0 amide bonds. The minimum absolute atomic E-state index is 0. The SMILES string of the molecule is F.F.F.F.F.F.[LiH].[Sb]. The van der Waals surface area contributed by atoms with Gasteiger partial charge in [0.2, 0.25) is 0 Å². The molecule has 0 atom stereocenters. The molecule has 0 fully saturated rings. The molecule has 0 aliphatic heterocycles. The Labute approximate surface area is 71.6 Å². The van der Waals surface area contributed by atoms with Crippen LogP contribution >= 0.6 is 0 Å². The normalized spacial score (nSPS) is 0. The fourth-order valence-electron chi connectivity index (χ4n) is 0. The Morgan fingerprint density at radius 2 is 0.375 bits per heavy atom. The van der Waals surface area contributed by atoms with Crippen LogP contribution in [0, 0.1) is 0 Å². The summed E-state index contributed by atoms with van der Waals surface area (Å²) in [4.78, 5) is 0. The first-order valence-electron chi connectivity index (χ1n) is 0. The summed E-state index contributed by atoms with van der Waals surface area (Å²) in [6.45, 7) is 0. The Morgan fingerprint density at radius 3 is 0.375 bits per heavy atom. The van der Waals surface area contributed by atoms with Crippen LogP contribution in [0.1, 0.15) is 0 Å². The summed E-state index contributed by atoms with van der Waals surface area (Å²) in [5.74, 6) is 0. The van der Waals surface area contributed by atoms with E-state index in [1.54, 1.807) is 0 Å². The Kier molecular flexibility index (Phi) is 28600. The maximum atomic E-state index is 0. The van der Waals surface area contributed by atoms with Gasteiger partial charge >= 0.3 is 18.9 Å². The zero-order valence-electron chi connectivity index (χ0n) is 2.90. The second kappa shape index (κ2) is 395. The zero-order valence-corrected chi connectivity index (χ0v) is 5.45. The van der Waals surface area contributed by atoms with Gasteiger partial charge in [-0.3, -0.25) is 28.2 Å². The summed E-state index contributed by atoms with van der Waals surface area (Å²) in [6.07, 6.45) is 0. The van der Waals surface area contributed by atoms with Crippen molar-refractivity contribution in [1.29, 1.82) is 0 Å². The summed E-state index contributed by atoms with van der Waals surface area (Å²) in [7, 11) is 0. The summed E-state index contributed by atoms with van der Waals surface area (Å²) >= 11 is 0. The average molecular weight is 250 g/mol. The van der Waals surface area contributed by atoms with Crippen molar-refractivity contribution in [3.8, 4) is 0 Å². The van der Waals surface area contributed by atoms with Crippen LogP contribution in [0.5, 0.6) is 0 Å². The molecule has 8 heteroatoms. The van der Waals surface area contributed by atoms with E-state index < -0.39 is 0 Å². The van der Waals surface area contributed by atoms with E-state index in [0.717, 1.165) is 0 Å². The third kappa shape index (κ3) is 254. The standard InChI is InChI=1S/6FH.Li.Sb.H/h6*1H;;;. The molecule has 0 saturated heterocycles. The van der Waals surface area contributed by atoms with Crippen molar-refractivity contribution in [2.24, 2.45) is 0 Å². The van der Waals surface area contributed by atoms with Gasteiger partial charge in [-0.1, -0.05) is 0 Å². The number of halogens is 6. The maximum Gasteiger partial charge on any atom is 0 e. The number of hydrogen-bond donors (Lipinski definition) is 0. The molecule has 0 spiro atoms. The maximum absolute atomic E-state index is 0. The van der Waals surface area contributed by atoms with Crippen LogP contribution in [-0.4, -0.2) is 43.3 Å². The van der Waals surface area contributed by atoms with Crippen molar-refractivity contribution < 1.29 is 28.2 Å². The van der Waals surface area contributed by atoms with E-state index in [1.807, 2.05) is 0 Å². The Hall–Kier alpha value is 0.996. The van der Waals surface area contributed by atoms with Crippen LogP contribution in [-0.2, 0) is 0 Å². The molecule has 0 saturated carbocycles. The smallest absolute Gasteiger partial charge is 0 e. The average Bonchev–Trinajstić information content (AvgIpc) is 0. The molecule has 3 radical (unpaired) electrons. The summed E-state index contributed by atoms with van der Waals surface area (Å²) in [5.41, 5.74) is 0. The van der Waals surface area contributed by atoms with Crippen molar-refractivity contribution in [3.05, 3.63) is 0 Å². The van der Waals surface area contributed by atoms with Gasteiger partial charge in [-0.25, -0.2) is 0 Å². The molecule has 0 aliphatic carbocycles. The van der Waals surface area contributed by atoms with Gasteiger partial charge in [-0.05, 0) is 0 Å². The van der Waals surface area contributed by atoms with Crippen LogP contribution in [0.15, 0.2) is 0 Å². The summed E-state index contributed by atoms with van der Waals surface area (Å²) in [5, 5.41) is 0. The molecule has 0 aromatic carbocycles. The van der Waals surface area contributed by atoms with Gasteiger partial charge in [0, 0.05) is 24.4 Å². The van der Waals surface area contributed by atoms with Crippen LogP contribution in [0.2, 0.25) is 0 Å². The van der Waals surface area contributed by atoms with Crippen LogP contribution in [0.4, 0.5) is 28.2 Å². The number of hydrogen-bond acceptors (Lipinski definition) is 0. The largest absolute Gasteiger partial charge is 0 e. The molecular formula is H7F6LiSb. The van der Waals surface area contributed by atoms with Crippen LogP contribution in [0.3, 0.4) is 0 Å². The predicted molar refractivity (Wildman–Crippen MR) is 27.9 cm³/mol. The quantitative estimate of drug-likeness (QED) is 0.415. The van der Waals surface area contributed by atoms with E-state index in [9.17, 15) is 0 Å². The van der Waals surface area contributed by atoms with E-state index in [-0.39, 0.29) is 71.5 Å². The van der Waals surface area contributed by atoms with Gasteiger partial charge in [0.1, 0.15) is 0 Å². The first-order chi connectivity index (χ1) is 0. The summed E-state index contributed by atoms with van der Waals surface area (Å²) < 4.78 is 0. The van der Waals surface area contributed by atoms with Crippen molar-refractivity contribution in [3.63, 3.8) is 0 Å². The predicted octanol–water partition coefficient (Wildman–Crippen LogP) is -0.114. The topological polar surface area (TPSA) is 0 Å². The monoisotopic (exact) mass is 249 g/mol. The molecule has 0 unspecified atom stereocenters. The van der Waals surface area contributed by atoms with E-state index in [0.29, 0.717) is 0 Å². The molecule has 55 valence electrons. The Balaban J connectivity index is 0. The van der Waals surface area contributed by atoms with Crippen LogP contribution < -0.4 is 0 Å². The van der Waals surface area contributed by atoms with E-state index in [1.165, 1.54) is 0 Å². The zero-order chi connectivity index (χ0) is 0. The third-order valence-electron chi connectivity index (χ3n) is 0. The van der Waals surface area contributed by atoms with E-state index in [4.69, 9.17) is 0 Å². The number of rotatable bonds is 0. The molecule has 0 aliphatic rings. The second-order valence-electron chi connectivity index (χ2n) is 0. The van der Waals surface area contributed by atoms with Crippen molar-refractivity contribution in [2.75, 3.05) is 0 Å². The summed E-state index contributed by atoms with van der Waals surface area (Å²) in [6, 6.07) is 0. The Morgan fingerprint density at radius 1 is 0.375 bits per heavy atom. The molecule has 0 aromatic heterocycles. The molecule has 0 aromatic rings. The third-order valence-corrected chi connectivity index (χ3v) is 0. The first-order valence-corrected chi connectivity index (χ1v) is 0. The minimum Gasteiger partial charge on any atom is 0 e. The van der Waals surface area contributed by atoms with E-state index in [2.05, 4.69) is 0 Å². The molecule has 0 N–H and O–H groups in total. The fraction of sp³-hybridized carbons (Fsp3) is 0. The molecule has 0 nitrogen and oxygen atoms in total. The van der Waals surface area contributed by atoms with Gasteiger partial charge < -0.3 is 0 Å². The molecular weight excluding hydrogens is 243 g/mol. The Bertz CT molecular complexity index is 8.49. The van der Waals surface area contributed by atoms with Gasteiger partial charge in [-0.2, -0.15) is 0 Å². The van der Waals surface area contributed by atoms with Gasteiger partial charge in [-0.15, -0.1) is 0 Å². The van der Waals surface area contributed by atoms with Crippen molar-refractivity contribution >= 4 is 43.3 Å². The van der Waals surface area contributed by atoms with Gasteiger partial charge in [0.05, 0.1) is 0 Å². The first kappa shape index (κ1) is 580. The minimum atomic E-state index is 0. The van der Waals surface area contributed by atoms with E-state index >= 15 is 0 Å². The van der Waals surface area contributed by atoms with Crippen LogP contribution in [0.25, 0.3) is 0 Å². The fourth-order valence-corrected chi connectivity index (χ4v) is 0.